The van der Waals surface area contributed by atoms with Crippen molar-refractivity contribution in [3.63, 3.8) is 0 Å². The molecule has 0 atom stereocenters. The number of aryl methyl sites for hydroxylation is 2. The van der Waals surface area contributed by atoms with Crippen molar-refractivity contribution in [2.45, 2.75) is 6.92 Å². The van der Waals surface area contributed by atoms with Gasteiger partial charge < -0.3 is 0 Å². The van der Waals surface area contributed by atoms with E-state index in [-0.39, 0.29) is 5.78 Å². The van der Waals surface area contributed by atoms with Crippen LogP contribution < -0.4 is 0 Å². The lowest BCUT2D eigenvalue weighted by molar-refractivity contribution is 0.104. The monoisotopic (exact) mass is 368 g/mol. The second kappa shape index (κ2) is 7.48. The van der Waals surface area contributed by atoms with E-state index in [0.717, 1.165) is 28.1 Å². The summed E-state index contributed by atoms with van der Waals surface area (Å²) in [6.45, 7) is 2.06. The highest BCUT2D eigenvalue weighted by atomic mass is 16.1. The number of aromatic nitrogens is 4. The van der Waals surface area contributed by atoms with Gasteiger partial charge in [-0.2, -0.15) is 10.2 Å². The van der Waals surface area contributed by atoms with Crippen LogP contribution in [0, 0.1) is 6.92 Å². The van der Waals surface area contributed by atoms with Crippen LogP contribution in [-0.2, 0) is 7.05 Å². The van der Waals surface area contributed by atoms with E-state index in [1.165, 1.54) is 0 Å². The first kappa shape index (κ1) is 17.7. The molecular formula is C23H20N4O. The van der Waals surface area contributed by atoms with Crippen molar-refractivity contribution >= 4 is 11.9 Å². The van der Waals surface area contributed by atoms with Crippen molar-refractivity contribution in [3.05, 3.63) is 96.0 Å². The van der Waals surface area contributed by atoms with Gasteiger partial charge in [0.1, 0.15) is 5.69 Å². The summed E-state index contributed by atoms with van der Waals surface area (Å²) in [6.07, 6.45) is 8.63. The van der Waals surface area contributed by atoms with Gasteiger partial charge in [-0.3, -0.25) is 9.48 Å². The molecule has 0 saturated carbocycles. The number of para-hydroxylation sites is 1. The largest absolute Gasteiger partial charge is 0.289 e. The molecule has 0 spiro atoms. The molecule has 5 nitrogen and oxygen atoms in total. The van der Waals surface area contributed by atoms with Gasteiger partial charge in [-0.15, -0.1) is 0 Å². The average molecular weight is 368 g/mol. The Morgan fingerprint density at radius 3 is 2.46 bits per heavy atom. The molecule has 0 aliphatic rings. The molecule has 2 aromatic heterocycles. The molecule has 138 valence electrons. The first-order chi connectivity index (χ1) is 13.6. The maximum absolute atomic E-state index is 12.5. The van der Waals surface area contributed by atoms with Gasteiger partial charge in [0.15, 0.2) is 5.78 Å². The zero-order valence-electron chi connectivity index (χ0n) is 15.8. The van der Waals surface area contributed by atoms with Gasteiger partial charge in [0.25, 0.3) is 0 Å². The third kappa shape index (κ3) is 3.55. The maximum atomic E-state index is 12.5. The molecule has 0 N–H and O–H groups in total. The van der Waals surface area contributed by atoms with Crippen LogP contribution in [0.15, 0.2) is 79.3 Å². The third-order valence-electron chi connectivity index (χ3n) is 4.57. The summed E-state index contributed by atoms with van der Waals surface area (Å²) in [5.41, 5.74) is 5.44. The summed E-state index contributed by atoms with van der Waals surface area (Å²) in [6, 6.07) is 18.1. The molecule has 0 radical (unpaired) electrons. The standard InChI is InChI=1S/C23H20N4O/c1-17-8-6-7-11-21(17)23-18(12-13-22(28)19-14-24-26(2)15-19)16-27(25-23)20-9-4-3-5-10-20/h3-16H,1-2H3. The molecule has 2 heterocycles. The molecule has 0 amide bonds. The molecule has 0 aliphatic heterocycles. The lowest BCUT2D eigenvalue weighted by Gasteiger charge is -2.03. The minimum Gasteiger partial charge on any atom is -0.289 e. The maximum Gasteiger partial charge on any atom is 0.189 e. The Labute approximate surface area is 163 Å². The number of carbonyl (C=O) groups excluding carboxylic acids is 1. The Kier molecular flexibility index (Phi) is 4.72. The van der Waals surface area contributed by atoms with E-state index in [0.29, 0.717) is 5.56 Å². The van der Waals surface area contributed by atoms with E-state index in [1.54, 1.807) is 30.2 Å². The summed E-state index contributed by atoms with van der Waals surface area (Å²) >= 11 is 0. The van der Waals surface area contributed by atoms with Gasteiger partial charge in [0.2, 0.25) is 0 Å². The molecule has 5 heteroatoms. The molecule has 28 heavy (non-hydrogen) atoms. The molecule has 0 unspecified atom stereocenters. The number of ketones is 1. The average Bonchev–Trinajstić information content (AvgIpc) is 3.34. The van der Waals surface area contributed by atoms with Crippen molar-refractivity contribution in [2.24, 2.45) is 7.05 Å². The first-order valence-corrected chi connectivity index (χ1v) is 9.04. The Hall–Kier alpha value is -3.73. The number of rotatable bonds is 5. The SMILES string of the molecule is Cc1ccccc1-c1nn(-c2ccccc2)cc1C=CC(=O)c1cnn(C)c1. The van der Waals surface area contributed by atoms with E-state index in [2.05, 4.69) is 18.1 Å². The molecule has 4 rings (SSSR count). The predicted octanol–water partition coefficient (Wildman–Crippen LogP) is 4.48. The summed E-state index contributed by atoms with van der Waals surface area (Å²) in [5, 5.41) is 8.86. The van der Waals surface area contributed by atoms with Gasteiger partial charge in [-0.1, -0.05) is 42.5 Å². The van der Waals surface area contributed by atoms with Crippen molar-refractivity contribution in [3.8, 4) is 16.9 Å². The topological polar surface area (TPSA) is 52.7 Å². The summed E-state index contributed by atoms with van der Waals surface area (Å²) < 4.78 is 3.46. The second-order valence-electron chi connectivity index (χ2n) is 6.63. The summed E-state index contributed by atoms with van der Waals surface area (Å²) in [4.78, 5) is 12.5. The fourth-order valence-electron chi connectivity index (χ4n) is 3.08. The van der Waals surface area contributed by atoms with E-state index < -0.39 is 0 Å². The van der Waals surface area contributed by atoms with Crippen LogP contribution in [0.4, 0.5) is 0 Å². The van der Waals surface area contributed by atoms with Gasteiger partial charge in [0, 0.05) is 30.6 Å². The van der Waals surface area contributed by atoms with E-state index in [9.17, 15) is 4.79 Å². The fraction of sp³-hybridized carbons (Fsp3) is 0.0870. The lowest BCUT2D eigenvalue weighted by Crippen LogP contribution is -1.94. The van der Waals surface area contributed by atoms with Crippen LogP contribution in [-0.4, -0.2) is 25.3 Å². The number of hydrogen-bond acceptors (Lipinski definition) is 3. The van der Waals surface area contributed by atoms with Gasteiger partial charge in [0.05, 0.1) is 17.4 Å². The van der Waals surface area contributed by atoms with Crippen molar-refractivity contribution < 1.29 is 4.79 Å². The number of allylic oxidation sites excluding steroid dienone is 1. The van der Waals surface area contributed by atoms with Gasteiger partial charge in [-0.25, -0.2) is 4.68 Å². The Morgan fingerprint density at radius 1 is 1.00 bits per heavy atom. The highest BCUT2D eigenvalue weighted by Crippen LogP contribution is 2.27. The van der Waals surface area contributed by atoms with Crippen LogP contribution in [0.3, 0.4) is 0 Å². The van der Waals surface area contributed by atoms with Crippen LogP contribution in [0.1, 0.15) is 21.5 Å². The van der Waals surface area contributed by atoms with E-state index >= 15 is 0 Å². The number of nitrogens with zero attached hydrogens (tertiary/aromatic N) is 4. The van der Waals surface area contributed by atoms with Gasteiger partial charge in [-0.05, 0) is 36.8 Å². The molecule has 0 aliphatic carbocycles. The lowest BCUT2D eigenvalue weighted by atomic mass is 10.0. The zero-order chi connectivity index (χ0) is 19.5. The number of benzene rings is 2. The first-order valence-electron chi connectivity index (χ1n) is 9.04. The molecule has 0 saturated heterocycles. The van der Waals surface area contributed by atoms with Crippen LogP contribution in [0.2, 0.25) is 0 Å². The quantitative estimate of drug-likeness (QED) is 0.386. The van der Waals surface area contributed by atoms with Crippen molar-refractivity contribution in [1.82, 2.24) is 19.6 Å². The van der Waals surface area contributed by atoms with Crippen LogP contribution >= 0.6 is 0 Å². The van der Waals surface area contributed by atoms with Crippen molar-refractivity contribution in [2.75, 3.05) is 0 Å². The number of hydrogen-bond donors (Lipinski definition) is 0. The van der Waals surface area contributed by atoms with Crippen molar-refractivity contribution in [1.29, 1.82) is 0 Å². The van der Waals surface area contributed by atoms with Gasteiger partial charge >= 0.3 is 0 Å². The molecule has 0 bridgehead atoms. The summed E-state index contributed by atoms with van der Waals surface area (Å²) in [7, 11) is 1.79. The highest BCUT2D eigenvalue weighted by Gasteiger charge is 2.13. The van der Waals surface area contributed by atoms with Crippen LogP contribution in [0.25, 0.3) is 23.0 Å². The Morgan fingerprint density at radius 2 is 1.75 bits per heavy atom. The molecule has 4 aromatic rings. The highest BCUT2D eigenvalue weighted by molar-refractivity contribution is 6.06. The Balaban J connectivity index is 1.76. The molecule has 2 aromatic carbocycles. The number of carbonyl (C=O) groups is 1. The zero-order valence-corrected chi connectivity index (χ0v) is 15.8. The smallest absolute Gasteiger partial charge is 0.189 e. The molecule has 0 fully saturated rings. The predicted molar refractivity (Wildman–Crippen MR) is 110 cm³/mol. The molecular weight excluding hydrogens is 348 g/mol. The Bertz CT molecular complexity index is 1150. The second-order valence-corrected chi connectivity index (χ2v) is 6.63. The minimum atomic E-state index is -0.0868. The minimum absolute atomic E-state index is 0.0868. The normalized spacial score (nSPS) is 11.2. The van der Waals surface area contributed by atoms with E-state index in [4.69, 9.17) is 5.10 Å². The summed E-state index contributed by atoms with van der Waals surface area (Å²) in [5.74, 6) is -0.0868. The fourth-order valence-corrected chi connectivity index (χ4v) is 3.08. The van der Waals surface area contributed by atoms with Crippen LogP contribution in [0.5, 0.6) is 0 Å². The van der Waals surface area contributed by atoms with E-state index in [1.807, 2.05) is 65.5 Å². The third-order valence-corrected chi connectivity index (χ3v) is 4.57.